The highest BCUT2D eigenvalue weighted by Crippen LogP contribution is 2.29. The van der Waals surface area contributed by atoms with Gasteiger partial charge in [-0.05, 0) is 36.5 Å². The largest absolute Gasteiger partial charge is 0.496 e. The molecule has 24 heavy (non-hydrogen) atoms. The fourth-order valence-corrected chi connectivity index (χ4v) is 3.06. The van der Waals surface area contributed by atoms with Gasteiger partial charge in [-0.25, -0.2) is 0 Å². The van der Waals surface area contributed by atoms with E-state index in [0.717, 1.165) is 42.7 Å². The van der Waals surface area contributed by atoms with Crippen molar-refractivity contribution in [2.45, 2.75) is 31.8 Å². The average molecular weight is 324 g/mol. The van der Waals surface area contributed by atoms with Gasteiger partial charge in [0.1, 0.15) is 5.75 Å². The van der Waals surface area contributed by atoms with Crippen molar-refractivity contribution >= 4 is 5.91 Å². The molecule has 1 aliphatic rings. The zero-order valence-corrected chi connectivity index (χ0v) is 14.0. The maximum Gasteiger partial charge on any atom is 0.237 e. The lowest BCUT2D eigenvalue weighted by Gasteiger charge is -2.15. The molecule has 126 valence electrons. The summed E-state index contributed by atoms with van der Waals surface area (Å²) in [7, 11) is 1.69. The number of amides is 1. The van der Waals surface area contributed by atoms with E-state index in [0.29, 0.717) is 6.54 Å². The standard InChI is InChI=1S/C20H24N2O2/c1-24-19-8-3-2-6-17(19)16-11-9-15(10-12-16)14-22-18-7-4-5-13-21-20(18)23/h2-3,6,8-12,18,22H,4-5,7,13-14H2,1H3,(H,21,23). The molecule has 1 saturated heterocycles. The van der Waals surface area contributed by atoms with Crippen molar-refractivity contribution in [2.24, 2.45) is 0 Å². The lowest BCUT2D eigenvalue weighted by Crippen LogP contribution is -2.42. The Labute approximate surface area is 143 Å². The first-order chi connectivity index (χ1) is 11.8. The van der Waals surface area contributed by atoms with Crippen molar-refractivity contribution < 1.29 is 9.53 Å². The molecule has 4 heteroatoms. The maximum atomic E-state index is 12.0. The molecule has 1 aliphatic heterocycles. The monoisotopic (exact) mass is 324 g/mol. The van der Waals surface area contributed by atoms with Crippen molar-refractivity contribution in [1.82, 2.24) is 10.6 Å². The summed E-state index contributed by atoms with van der Waals surface area (Å²) in [5, 5.41) is 6.33. The molecule has 0 radical (unpaired) electrons. The Hall–Kier alpha value is -2.33. The molecular weight excluding hydrogens is 300 g/mol. The van der Waals surface area contributed by atoms with Crippen LogP contribution in [0.1, 0.15) is 24.8 Å². The number of nitrogens with one attached hydrogen (secondary N) is 2. The molecule has 0 aliphatic carbocycles. The number of benzene rings is 2. The Morgan fingerprint density at radius 3 is 2.71 bits per heavy atom. The molecule has 3 rings (SSSR count). The van der Waals surface area contributed by atoms with Crippen LogP contribution in [-0.4, -0.2) is 25.6 Å². The highest BCUT2D eigenvalue weighted by Gasteiger charge is 2.19. The first-order valence-corrected chi connectivity index (χ1v) is 8.51. The molecule has 0 aromatic heterocycles. The van der Waals surface area contributed by atoms with Crippen LogP contribution in [0.3, 0.4) is 0 Å². The van der Waals surface area contributed by atoms with Gasteiger partial charge in [0.2, 0.25) is 5.91 Å². The fraction of sp³-hybridized carbons (Fsp3) is 0.350. The normalized spacial score (nSPS) is 17.9. The Bertz CT molecular complexity index is 682. The molecule has 1 fully saturated rings. The van der Waals surface area contributed by atoms with Gasteiger partial charge in [0, 0.05) is 18.7 Å². The Morgan fingerprint density at radius 2 is 1.92 bits per heavy atom. The van der Waals surface area contributed by atoms with Crippen LogP contribution >= 0.6 is 0 Å². The highest BCUT2D eigenvalue weighted by atomic mass is 16.5. The predicted molar refractivity (Wildman–Crippen MR) is 95.9 cm³/mol. The number of rotatable bonds is 5. The fourth-order valence-electron chi connectivity index (χ4n) is 3.06. The van der Waals surface area contributed by atoms with E-state index in [1.165, 1.54) is 5.56 Å². The van der Waals surface area contributed by atoms with Crippen LogP contribution in [0.2, 0.25) is 0 Å². The van der Waals surface area contributed by atoms with Crippen LogP contribution in [0.5, 0.6) is 5.75 Å². The van der Waals surface area contributed by atoms with Gasteiger partial charge in [-0.3, -0.25) is 4.79 Å². The van der Waals surface area contributed by atoms with Gasteiger partial charge in [0.05, 0.1) is 13.2 Å². The number of carbonyl (C=O) groups is 1. The van der Waals surface area contributed by atoms with Crippen LogP contribution in [0.25, 0.3) is 11.1 Å². The lowest BCUT2D eigenvalue weighted by atomic mass is 10.0. The molecule has 2 N–H and O–H groups in total. The smallest absolute Gasteiger partial charge is 0.237 e. The Kier molecular flexibility index (Phi) is 5.49. The summed E-state index contributed by atoms with van der Waals surface area (Å²) in [6.45, 7) is 1.49. The summed E-state index contributed by atoms with van der Waals surface area (Å²) in [5.74, 6) is 0.997. The number of methoxy groups -OCH3 is 1. The SMILES string of the molecule is COc1ccccc1-c1ccc(CNC2CCCCNC2=O)cc1. The van der Waals surface area contributed by atoms with E-state index in [2.05, 4.69) is 41.0 Å². The molecule has 0 saturated carbocycles. The molecular formula is C20H24N2O2. The van der Waals surface area contributed by atoms with Gasteiger partial charge in [0.25, 0.3) is 0 Å². The van der Waals surface area contributed by atoms with Crippen LogP contribution in [-0.2, 0) is 11.3 Å². The molecule has 4 nitrogen and oxygen atoms in total. The van der Waals surface area contributed by atoms with Crippen molar-refractivity contribution in [3.05, 3.63) is 54.1 Å². The third-order valence-corrected chi connectivity index (χ3v) is 4.46. The molecule has 1 atom stereocenters. The minimum atomic E-state index is -0.0820. The molecule has 0 bridgehead atoms. The second-order valence-electron chi connectivity index (χ2n) is 6.12. The molecule has 1 amide bonds. The van der Waals surface area contributed by atoms with Gasteiger partial charge < -0.3 is 15.4 Å². The number of carbonyl (C=O) groups excluding carboxylic acids is 1. The summed E-state index contributed by atoms with van der Waals surface area (Å²) in [6.07, 6.45) is 3.06. The molecule has 2 aromatic rings. The zero-order valence-electron chi connectivity index (χ0n) is 14.0. The second kappa shape index (κ2) is 7.97. The molecule has 0 spiro atoms. The second-order valence-corrected chi connectivity index (χ2v) is 6.12. The van der Waals surface area contributed by atoms with E-state index in [1.807, 2.05) is 18.2 Å². The van der Waals surface area contributed by atoms with Crippen LogP contribution < -0.4 is 15.4 Å². The van der Waals surface area contributed by atoms with Gasteiger partial charge in [-0.1, -0.05) is 42.5 Å². The van der Waals surface area contributed by atoms with Crippen molar-refractivity contribution in [2.75, 3.05) is 13.7 Å². The Morgan fingerprint density at radius 1 is 1.12 bits per heavy atom. The number of ether oxygens (including phenoxy) is 1. The lowest BCUT2D eigenvalue weighted by molar-refractivity contribution is -0.122. The third kappa shape index (κ3) is 3.95. The number of hydrogen-bond donors (Lipinski definition) is 2. The zero-order chi connectivity index (χ0) is 16.8. The van der Waals surface area contributed by atoms with Crippen LogP contribution in [0.15, 0.2) is 48.5 Å². The first-order valence-electron chi connectivity index (χ1n) is 8.51. The summed E-state index contributed by atoms with van der Waals surface area (Å²) >= 11 is 0. The van der Waals surface area contributed by atoms with Crippen molar-refractivity contribution in [1.29, 1.82) is 0 Å². The van der Waals surface area contributed by atoms with E-state index in [9.17, 15) is 4.79 Å². The molecule has 1 heterocycles. The van der Waals surface area contributed by atoms with E-state index in [-0.39, 0.29) is 11.9 Å². The molecule has 1 unspecified atom stereocenters. The highest BCUT2D eigenvalue weighted by molar-refractivity contribution is 5.81. The van der Waals surface area contributed by atoms with Crippen molar-refractivity contribution in [3.8, 4) is 16.9 Å². The van der Waals surface area contributed by atoms with Crippen LogP contribution in [0.4, 0.5) is 0 Å². The van der Waals surface area contributed by atoms with E-state index < -0.39 is 0 Å². The predicted octanol–water partition coefficient (Wildman–Crippen LogP) is 3.12. The summed E-state index contributed by atoms with van der Waals surface area (Å²) in [5.41, 5.74) is 3.39. The summed E-state index contributed by atoms with van der Waals surface area (Å²) in [6, 6.07) is 16.3. The average Bonchev–Trinajstić information content (AvgIpc) is 2.84. The minimum Gasteiger partial charge on any atom is -0.496 e. The van der Waals surface area contributed by atoms with Gasteiger partial charge >= 0.3 is 0 Å². The molecule has 2 aromatic carbocycles. The van der Waals surface area contributed by atoms with Crippen LogP contribution in [0, 0.1) is 0 Å². The summed E-state index contributed by atoms with van der Waals surface area (Å²) in [4.78, 5) is 12.0. The van der Waals surface area contributed by atoms with Gasteiger partial charge in [-0.2, -0.15) is 0 Å². The minimum absolute atomic E-state index is 0.0820. The number of hydrogen-bond acceptors (Lipinski definition) is 3. The van der Waals surface area contributed by atoms with E-state index in [4.69, 9.17) is 4.74 Å². The third-order valence-electron chi connectivity index (χ3n) is 4.46. The van der Waals surface area contributed by atoms with Gasteiger partial charge in [0.15, 0.2) is 0 Å². The topological polar surface area (TPSA) is 50.4 Å². The Balaban J connectivity index is 1.65. The van der Waals surface area contributed by atoms with Crippen molar-refractivity contribution in [3.63, 3.8) is 0 Å². The van der Waals surface area contributed by atoms with E-state index in [1.54, 1.807) is 7.11 Å². The maximum absolute atomic E-state index is 12.0. The quantitative estimate of drug-likeness (QED) is 0.888. The first kappa shape index (κ1) is 16.5. The van der Waals surface area contributed by atoms with Gasteiger partial charge in [-0.15, -0.1) is 0 Å². The number of para-hydroxylation sites is 1. The summed E-state index contributed by atoms with van der Waals surface area (Å²) < 4.78 is 5.42. The van der Waals surface area contributed by atoms with E-state index >= 15 is 0 Å².